The van der Waals surface area contributed by atoms with Crippen LogP contribution in [0.4, 0.5) is 13.2 Å². The number of rotatable bonds is 6. The molecule has 0 aliphatic rings. The lowest BCUT2D eigenvalue weighted by Gasteiger charge is -2.13. The van der Waals surface area contributed by atoms with Gasteiger partial charge in [0.2, 0.25) is 0 Å². The third kappa shape index (κ3) is 3.82. The molecule has 0 unspecified atom stereocenters. The van der Waals surface area contributed by atoms with E-state index < -0.39 is 17.5 Å². The van der Waals surface area contributed by atoms with Gasteiger partial charge in [0.05, 0.1) is 0 Å². The number of hydrogen-bond acceptors (Lipinski definition) is 0. The molecule has 0 saturated carbocycles. The largest absolute Gasteiger partial charge is 0.206 e. The Labute approximate surface area is 152 Å². The molecule has 0 nitrogen and oxygen atoms in total. The van der Waals surface area contributed by atoms with Gasteiger partial charge in [0.25, 0.3) is 0 Å². The zero-order valence-corrected chi connectivity index (χ0v) is 14.7. The van der Waals surface area contributed by atoms with Crippen LogP contribution in [0.3, 0.4) is 0 Å². The highest BCUT2D eigenvalue weighted by molar-refractivity contribution is 5.84. The van der Waals surface area contributed by atoms with E-state index in [1.807, 2.05) is 12.1 Å². The number of aryl methyl sites for hydroxylation is 1. The van der Waals surface area contributed by atoms with E-state index in [0.717, 1.165) is 37.3 Å². The Morgan fingerprint density at radius 1 is 0.692 bits per heavy atom. The van der Waals surface area contributed by atoms with Crippen molar-refractivity contribution in [3.8, 4) is 22.3 Å². The van der Waals surface area contributed by atoms with Crippen molar-refractivity contribution in [3.63, 3.8) is 0 Å². The van der Waals surface area contributed by atoms with Gasteiger partial charge in [-0.05, 0) is 41.7 Å². The summed E-state index contributed by atoms with van der Waals surface area (Å²) >= 11 is 0. The minimum atomic E-state index is -0.954. The van der Waals surface area contributed by atoms with Gasteiger partial charge in [-0.15, -0.1) is 0 Å². The Balaban J connectivity index is 2.04. The lowest BCUT2D eigenvalue weighted by atomic mass is 9.92. The van der Waals surface area contributed by atoms with Crippen molar-refractivity contribution >= 4 is 0 Å². The standard InChI is InChI=1S/C23H21F3/c1-2-3-4-7-16-10-12-17(13-11-16)22-19(14-15-21(25)23(22)26)18-8-5-6-9-20(18)24/h5-6,8-15H,2-4,7H2,1H3. The summed E-state index contributed by atoms with van der Waals surface area (Å²) < 4.78 is 42.7. The summed E-state index contributed by atoms with van der Waals surface area (Å²) in [5, 5.41) is 0. The Morgan fingerprint density at radius 3 is 2.12 bits per heavy atom. The third-order valence-electron chi connectivity index (χ3n) is 4.57. The van der Waals surface area contributed by atoms with Gasteiger partial charge < -0.3 is 0 Å². The van der Waals surface area contributed by atoms with Gasteiger partial charge >= 0.3 is 0 Å². The molecule has 0 fully saturated rings. The number of halogens is 3. The van der Waals surface area contributed by atoms with Crippen LogP contribution >= 0.6 is 0 Å². The van der Waals surface area contributed by atoms with Crippen LogP contribution < -0.4 is 0 Å². The highest BCUT2D eigenvalue weighted by Crippen LogP contribution is 2.36. The highest BCUT2D eigenvalue weighted by Gasteiger charge is 2.18. The Kier molecular flexibility index (Phi) is 5.77. The molecule has 3 heteroatoms. The second-order valence-electron chi connectivity index (χ2n) is 6.42. The maximum atomic E-state index is 14.6. The first-order chi connectivity index (χ1) is 12.6. The van der Waals surface area contributed by atoms with Gasteiger partial charge in [-0.1, -0.05) is 68.3 Å². The zero-order chi connectivity index (χ0) is 18.5. The Hall–Kier alpha value is -2.55. The fraction of sp³-hybridized carbons (Fsp3) is 0.217. The molecule has 0 radical (unpaired) electrons. The molecule has 26 heavy (non-hydrogen) atoms. The first-order valence-electron chi connectivity index (χ1n) is 8.94. The van der Waals surface area contributed by atoms with Crippen LogP contribution in [0.15, 0.2) is 60.7 Å². The van der Waals surface area contributed by atoms with Crippen LogP contribution in [0.1, 0.15) is 31.7 Å². The van der Waals surface area contributed by atoms with Crippen molar-refractivity contribution in [1.82, 2.24) is 0 Å². The monoisotopic (exact) mass is 354 g/mol. The molecule has 0 aliphatic heterocycles. The van der Waals surface area contributed by atoms with Gasteiger partial charge in [0, 0.05) is 11.1 Å². The molecule has 0 N–H and O–H groups in total. The summed E-state index contributed by atoms with van der Waals surface area (Å²) in [6, 6.07) is 16.0. The average molecular weight is 354 g/mol. The maximum absolute atomic E-state index is 14.6. The van der Waals surface area contributed by atoms with Crippen molar-refractivity contribution in [1.29, 1.82) is 0 Å². The molecule has 3 rings (SSSR count). The Bertz CT molecular complexity index is 882. The van der Waals surface area contributed by atoms with Crippen LogP contribution in [-0.2, 0) is 6.42 Å². The first kappa shape index (κ1) is 18.2. The van der Waals surface area contributed by atoms with E-state index in [0.29, 0.717) is 11.1 Å². The summed E-state index contributed by atoms with van der Waals surface area (Å²) in [5.74, 6) is -2.35. The topological polar surface area (TPSA) is 0 Å². The van der Waals surface area contributed by atoms with Gasteiger partial charge in [0.1, 0.15) is 5.82 Å². The highest BCUT2D eigenvalue weighted by atomic mass is 19.2. The zero-order valence-electron chi connectivity index (χ0n) is 14.7. The molecule has 0 bridgehead atoms. The smallest absolute Gasteiger partial charge is 0.167 e. The molecule has 0 saturated heterocycles. The second kappa shape index (κ2) is 8.22. The lowest BCUT2D eigenvalue weighted by molar-refractivity contribution is 0.511. The van der Waals surface area contributed by atoms with Gasteiger partial charge in [-0.2, -0.15) is 0 Å². The predicted octanol–water partition coefficient (Wildman–Crippen LogP) is 7.17. The molecule has 3 aromatic carbocycles. The molecule has 3 aromatic rings. The van der Waals surface area contributed by atoms with E-state index in [9.17, 15) is 13.2 Å². The number of hydrogen-bond donors (Lipinski definition) is 0. The van der Waals surface area contributed by atoms with Crippen molar-refractivity contribution in [2.75, 3.05) is 0 Å². The van der Waals surface area contributed by atoms with E-state index in [1.165, 1.54) is 12.1 Å². The lowest BCUT2D eigenvalue weighted by Crippen LogP contribution is -1.96. The molecule has 0 spiro atoms. The van der Waals surface area contributed by atoms with E-state index >= 15 is 0 Å². The first-order valence-corrected chi connectivity index (χ1v) is 8.94. The van der Waals surface area contributed by atoms with Crippen molar-refractivity contribution < 1.29 is 13.2 Å². The predicted molar refractivity (Wildman–Crippen MR) is 100 cm³/mol. The molecule has 0 atom stereocenters. The van der Waals surface area contributed by atoms with Crippen LogP contribution in [0.25, 0.3) is 22.3 Å². The summed E-state index contributed by atoms with van der Waals surface area (Å²) in [6.45, 7) is 2.15. The van der Waals surface area contributed by atoms with Gasteiger partial charge in [0.15, 0.2) is 11.6 Å². The molecular weight excluding hydrogens is 333 g/mol. The van der Waals surface area contributed by atoms with E-state index in [1.54, 1.807) is 30.3 Å². The quantitative estimate of drug-likeness (QED) is 0.412. The van der Waals surface area contributed by atoms with Crippen molar-refractivity contribution in [3.05, 3.63) is 83.7 Å². The molecule has 134 valence electrons. The number of unbranched alkanes of at least 4 members (excludes halogenated alkanes) is 2. The normalized spacial score (nSPS) is 10.9. The van der Waals surface area contributed by atoms with Crippen LogP contribution in [0, 0.1) is 17.5 Å². The molecule has 0 heterocycles. The molecular formula is C23H21F3. The van der Waals surface area contributed by atoms with E-state index in [-0.39, 0.29) is 11.1 Å². The maximum Gasteiger partial charge on any atom is 0.167 e. The fourth-order valence-electron chi connectivity index (χ4n) is 3.15. The fourth-order valence-corrected chi connectivity index (χ4v) is 3.15. The second-order valence-corrected chi connectivity index (χ2v) is 6.42. The molecule has 0 amide bonds. The van der Waals surface area contributed by atoms with Crippen LogP contribution in [-0.4, -0.2) is 0 Å². The minimum absolute atomic E-state index is 0.0928. The summed E-state index contributed by atoms with van der Waals surface area (Å²) in [4.78, 5) is 0. The van der Waals surface area contributed by atoms with E-state index in [2.05, 4.69) is 6.92 Å². The van der Waals surface area contributed by atoms with E-state index in [4.69, 9.17) is 0 Å². The van der Waals surface area contributed by atoms with Crippen LogP contribution in [0.5, 0.6) is 0 Å². The summed E-state index contributed by atoms with van der Waals surface area (Å²) in [6.07, 6.45) is 4.38. The van der Waals surface area contributed by atoms with Gasteiger partial charge in [-0.25, -0.2) is 13.2 Å². The molecule has 0 aromatic heterocycles. The van der Waals surface area contributed by atoms with Crippen LogP contribution in [0.2, 0.25) is 0 Å². The third-order valence-corrected chi connectivity index (χ3v) is 4.57. The summed E-state index contributed by atoms with van der Waals surface area (Å²) in [5.41, 5.74) is 2.40. The summed E-state index contributed by atoms with van der Waals surface area (Å²) in [7, 11) is 0. The van der Waals surface area contributed by atoms with Crippen molar-refractivity contribution in [2.24, 2.45) is 0 Å². The van der Waals surface area contributed by atoms with Gasteiger partial charge in [-0.3, -0.25) is 0 Å². The minimum Gasteiger partial charge on any atom is -0.206 e. The number of benzene rings is 3. The average Bonchev–Trinajstić information content (AvgIpc) is 2.65. The Morgan fingerprint density at radius 2 is 1.42 bits per heavy atom. The SMILES string of the molecule is CCCCCc1ccc(-c2c(-c3ccccc3F)ccc(F)c2F)cc1. The molecule has 0 aliphatic carbocycles. The van der Waals surface area contributed by atoms with Crippen molar-refractivity contribution in [2.45, 2.75) is 32.6 Å².